The van der Waals surface area contributed by atoms with Crippen molar-refractivity contribution in [3.05, 3.63) is 75.6 Å². The molecule has 2 aromatic carbocycles. The van der Waals surface area contributed by atoms with Crippen LogP contribution in [0.2, 0.25) is 0 Å². The van der Waals surface area contributed by atoms with E-state index in [2.05, 4.69) is 5.32 Å². The summed E-state index contributed by atoms with van der Waals surface area (Å²) in [5, 5.41) is 14.0. The molecule has 206 valence electrons. The Kier molecular flexibility index (Phi) is 7.58. The Morgan fingerprint density at radius 1 is 1.08 bits per heavy atom. The van der Waals surface area contributed by atoms with E-state index in [4.69, 9.17) is 9.47 Å². The van der Waals surface area contributed by atoms with Crippen LogP contribution in [0.5, 0.6) is 0 Å². The van der Waals surface area contributed by atoms with E-state index in [0.29, 0.717) is 13.2 Å². The van der Waals surface area contributed by atoms with Crippen LogP contribution in [0.3, 0.4) is 0 Å². The zero-order valence-electron chi connectivity index (χ0n) is 21.2. The molecule has 5 rings (SSSR count). The molecule has 3 amide bonds. The quantitative estimate of drug-likeness (QED) is 0.440. The van der Waals surface area contributed by atoms with Crippen LogP contribution in [0.25, 0.3) is 0 Å². The second-order valence-corrected chi connectivity index (χ2v) is 9.93. The van der Waals surface area contributed by atoms with Gasteiger partial charge in [0.25, 0.3) is 17.5 Å². The largest absolute Gasteiger partial charge is 0.376 e. The predicted molar refractivity (Wildman–Crippen MR) is 135 cm³/mol. The third kappa shape index (κ3) is 5.48. The van der Waals surface area contributed by atoms with Crippen LogP contribution in [0.1, 0.15) is 46.4 Å². The lowest BCUT2D eigenvalue weighted by atomic mass is 9.96. The normalized spacial score (nSPS) is 22.2. The average molecular weight is 541 g/mol. The van der Waals surface area contributed by atoms with Crippen LogP contribution in [0.15, 0.2) is 48.5 Å². The Labute approximate surface area is 224 Å². The number of hydrogen-bond acceptors (Lipinski definition) is 7. The number of non-ortho nitro benzene ring substituents is 1. The van der Waals surface area contributed by atoms with Crippen molar-refractivity contribution in [3.63, 3.8) is 0 Å². The van der Waals surface area contributed by atoms with E-state index in [1.165, 1.54) is 53.4 Å². The highest BCUT2D eigenvalue weighted by Crippen LogP contribution is 2.39. The third-order valence-corrected chi connectivity index (χ3v) is 7.54. The summed E-state index contributed by atoms with van der Waals surface area (Å²) in [5.41, 5.74) is -0.913. The maximum atomic E-state index is 13.7. The number of nitro groups is 1. The van der Waals surface area contributed by atoms with Gasteiger partial charge in [0.15, 0.2) is 0 Å². The van der Waals surface area contributed by atoms with Crippen LogP contribution < -0.4 is 5.32 Å². The van der Waals surface area contributed by atoms with Gasteiger partial charge in [0.05, 0.1) is 17.6 Å². The number of halogens is 1. The SMILES string of the molecule is O=C(NC[C@@H]1CCCO1)[C@@H]1COC2(CCN(C(=O)c3cccc([N+](=O)[O-])c3)CC2)N1C(=O)c1ccc(F)cc1. The molecule has 0 bridgehead atoms. The zero-order chi connectivity index (χ0) is 27.6. The van der Waals surface area contributed by atoms with Gasteiger partial charge in [0.2, 0.25) is 5.91 Å². The molecule has 1 N–H and O–H groups in total. The number of nitrogens with zero attached hydrogens (tertiary/aromatic N) is 3. The molecule has 2 aromatic rings. The van der Waals surface area contributed by atoms with E-state index in [1.54, 1.807) is 4.90 Å². The highest BCUT2D eigenvalue weighted by molar-refractivity contribution is 5.98. The molecule has 0 radical (unpaired) electrons. The summed E-state index contributed by atoms with van der Waals surface area (Å²) >= 11 is 0. The average Bonchev–Trinajstić information content (AvgIpc) is 3.60. The fourth-order valence-electron chi connectivity index (χ4n) is 5.43. The Morgan fingerprint density at radius 2 is 1.82 bits per heavy atom. The molecule has 3 saturated heterocycles. The Hall–Kier alpha value is -3.90. The molecule has 3 fully saturated rings. The van der Waals surface area contributed by atoms with Crippen molar-refractivity contribution >= 4 is 23.4 Å². The van der Waals surface area contributed by atoms with Gasteiger partial charge < -0.3 is 19.7 Å². The molecule has 3 aliphatic heterocycles. The van der Waals surface area contributed by atoms with Crippen molar-refractivity contribution in [3.8, 4) is 0 Å². The van der Waals surface area contributed by atoms with E-state index in [9.17, 15) is 28.9 Å². The standard InChI is InChI=1S/C27H29FN4O7/c28-20-8-6-18(7-9-20)26(35)31-23(24(33)29-16-22-5-2-14-38-22)17-39-27(31)10-12-30(13-11-27)25(34)19-3-1-4-21(15-19)32(36)37/h1,3-4,6-9,15,22-23H,2,5,10-14,16-17H2,(H,29,33)/t22-,23-/m0/s1. The van der Waals surface area contributed by atoms with E-state index < -0.39 is 28.4 Å². The predicted octanol–water partition coefficient (Wildman–Crippen LogP) is 2.50. The first-order chi connectivity index (χ1) is 18.8. The third-order valence-electron chi connectivity index (χ3n) is 7.54. The maximum Gasteiger partial charge on any atom is 0.270 e. The van der Waals surface area contributed by atoms with E-state index >= 15 is 0 Å². The van der Waals surface area contributed by atoms with Crippen molar-refractivity contribution in [2.45, 2.75) is 43.6 Å². The van der Waals surface area contributed by atoms with Gasteiger partial charge in [0, 0.05) is 62.3 Å². The van der Waals surface area contributed by atoms with Gasteiger partial charge in [-0.05, 0) is 43.2 Å². The number of benzene rings is 2. The minimum Gasteiger partial charge on any atom is -0.376 e. The summed E-state index contributed by atoms with van der Waals surface area (Å²) in [7, 11) is 0. The van der Waals surface area contributed by atoms with Gasteiger partial charge in [-0.1, -0.05) is 6.07 Å². The minimum atomic E-state index is -1.14. The molecule has 0 aliphatic carbocycles. The Bertz CT molecular complexity index is 1260. The van der Waals surface area contributed by atoms with Crippen molar-refractivity contribution in [2.24, 2.45) is 0 Å². The molecule has 1 spiro atoms. The first kappa shape index (κ1) is 26.7. The number of likely N-dealkylation sites (tertiary alicyclic amines) is 1. The number of nitrogens with one attached hydrogen (secondary N) is 1. The van der Waals surface area contributed by atoms with E-state index in [1.807, 2.05) is 0 Å². The molecule has 0 aromatic heterocycles. The van der Waals surface area contributed by atoms with Gasteiger partial charge in [0.1, 0.15) is 17.6 Å². The monoisotopic (exact) mass is 540 g/mol. The second kappa shape index (κ2) is 11.1. The smallest absolute Gasteiger partial charge is 0.270 e. The summed E-state index contributed by atoms with van der Waals surface area (Å²) < 4.78 is 25.3. The van der Waals surface area contributed by atoms with Gasteiger partial charge in [-0.2, -0.15) is 0 Å². The second-order valence-electron chi connectivity index (χ2n) is 9.93. The molecule has 12 heteroatoms. The fraction of sp³-hybridized carbons (Fsp3) is 0.444. The first-order valence-electron chi connectivity index (χ1n) is 12.9. The molecule has 0 saturated carbocycles. The number of rotatable bonds is 6. The summed E-state index contributed by atoms with van der Waals surface area (Å²) in [4.78, 5) is 53.6. The summed E-state index contributed by atoms with van der Waals surface area (Å²) in [5.74, 6) is -1.69. The minimum absolute atomic E-state index is 0.0247. The van der Waals surface area contributed by atoms with Gasteiger partial charge in [-0.3, -0.25) is 29.4 Å². The fourth-order valence-corrected chi connectivity index (χ4v) is 5.43. The molecule has 3 heterocycles. The van der Waals surface area contributed by atoms with Crippen molar-refractivity contribution < 1.29 is 33.2 Å². The molecular formula is C27H29FN4O7. The summed E-state index contributed by atoms with van der Waals surface area (Å²) in [6.45, 7) is 1.37. The number of ether oxygens (including phenoxy) is 2. The molecular weight excluding hydrogens is 511 g/mol. The number of hydrogen-bond donors (Lipinski definition) is 1. The highest BCUT2D eigenvalue weighted by Gasteiger charge is 2.54. The Balaban J connectivity index is 1.34. The van der Waals surface area contributed by atoms with Crippen molar-refractivity contribution in [2.75, 3.05) is 32.8 Å². The van der Waals surface area contributed by atoms with E-state index in [-0.39, 0.29) is 67.3 Å². The van der Waals surface area contributed by atoms with Crippen molar-refractivity contribution in [1.29, 1.82) is 0 Å². The van der Waals surface area contributed by atoms with Crippen LogP contribution in [0, 0.1) is 15.9 Å². The van der Waals surface area contributed by atoms with Crippen LogP contribution in [-0.4, -0.2) is 83.2 Å². The summed E-state index contributed by atoms with van der Waals surface area (Å²) in [6, 6.07) is 9.72. The van der Waals surface area contributed by atoms with Crippen LogP contribution in [-0.2, 0) is 14.3 Å². The molecule has 2 atom stereocenters. The van der Waals surface area contributed by atoms with Gasteiger partial charge in [-0.25, -0.2) is 4.39 Å². The molecule has 11 nitrogen and oxygen atoms in total. The molecule has 0 unspecified atom stereocenters. The highest BCUT2D eigenvalue weighted by atomic mass is 19.1. The number of carbonyl (C=O) groups is 3. The lowest BCUT2D eigenvalue weighted by Gasteiger charge is -2.44. The van der Waals surface area contributed by atoms with E-state index in [0.717, 1.165) is 12.8 Å². The number of amides is 3. The summed E-state index contributed by atoms with van der Waals surface area (Å²) in [6.07, 6.45) is 2.16. The maximum absolute atomic E-state index is 13.7. The Morgan fingerprint density at radius 3 is 2.49 bits per heavy atom. The van der Waals surface area contributed by atoms with Crippen LogP contribution in [0.4, 0.5) is 10.1 Å². The number of piperidine rings is 1. The lowest BCUT2D eigenvalue weighted by Crippen LogP contribution is -2.60. The lowest BCUT2D eigenvalue weighted by molar-refractivity contribution is -0.384. The molecule has 39 heavy (non-hydrogen) atoms. The molecule has 3 aliphatic rings. The zero-order valence-corrected chi connectivity index (χ0v) is 21.2. The number of carbonyl (C=O) groups excluding carboxylic acids is 3. The van der Waals surface area contributed by atoms with Crippen molar-refractivity contribution in [1.82, 2.24) is 15.1 Å². The van der Waals surface area contributed by atoms with Gasteiger partial charge in [-0.15, -0.1) is 0 Å². The number of nitro benzene ring substituents is 1. The topological polar surface area (TPSA) is 131 Å². The van der Waals surface area contributed by atoms with Crippen LogP contribution >= 0.6 is 0 Å². The first-order valence-corrected chi connectivity index (χ1v) is 12.9. The van der Waals surface area contributed by atoms with Gasteiger partial charge >= 0.3 is 0 Å².